The third kappa shape index (κ3) is 4.58. The van der Waals surface area contributed by atoms with E-state index in [1.807, 2.05) is 30.3 Å². The summed E-state index contributed by atoms with van der Waals surface area (Å²) < 4.78 is 25.8. The lowest BCUT2D eigenvalue weighted by Crippen LogP contribution is -2.43. The highest BCUT2D eigenvalue weighted by Crippen LogP contribution is 2.55. The second-order valence-electron chi connectivity index (χ2n) is 9.43. The lowest BCUT2D eigenvalue weighted by atomic mass is 9.93. The molecule has 0 spiro atoms. The summed E-state index contributed by atoms with van der Waals surface area (Å²) in [7, 11) is 1.27. The molecule has 188 valence electrons. The van der Waals surface area contributed by atoms with Crippen LogP contribution in [0.4, 0.5) is 10.2 Å². The molecular formula is C27H29FN4O4. The van der Waals surface area contributed by atoms with Gasteiger partial charge in [-0.1, -0.05) is 24.3 Å². The molecule has 9 heteroatoms. The number of hydrogen-bond donors (Lipinski definition) is 2. The first-order chi connectivity index (χ1) is 17.4. The van der Waals surface area contributed by atoms with Gasteiger partial charge in [-0.25, -0.2) is 9.37 Å². The number of anilines is 1. The Bertz CT molecular complexity index is 1310. The molecule has 2 heterocycles. The van der Waals surface area contributed by atoms with Crippen molar-refractivity contribution in [1.82, 2.24) is 10.3 Å². The van der Waals surface area contributed by atoms with Gasteiger partial charge in [0.1, 0.15) is 12.4 Å². The van der Waals surface area contributed by atoms with Crippen molar-refractivity contribution < 1.29 is 23.5 Å². The van der Waals surface area contributed by atoms with E-state index >= 15 is 4.39 Å². The molecule has 2 atom stereocenters. The molecule has 1 saturated carbocycles. The van der Waals surface area contributed by atoms with Gasteiger partial charge in [-0.2, -0.15) is 0 Å². The number of primary amides is 1. The van der Waals surface area contributed by atoms with Crippen LogP contribution in [0.3, 0.4) is 0 Å². The van der Waals surface area contributed by atoms with Crippen LogP contribution in [-0.2, 0) is 27.4 Å². The van der Waals surface area contributed by atoms with E-state index in [4.69, 9.17) is 20.2 Å². The standard InChI is InChI=1S/C27H29FN4O4/c1-35-26(34)27(15-20(27)25(29)33)14-17-6-7-23(21(28)12-17)36-16-18-13-24(32-10-8-30-9-11-32)31-22-5-3-2-4-19(18)22/h2-7,12-13,20,30H,8-11,14-16H2,1H3,(H2,29,33)/t20-,27+/m1/s1. The van der Waals surface area contributed by atoms with Crippen molar-refractivity contribution >= 4 is 28.6 Å². The van der Waals surface area contributed by atoms with Gasteiger partial charge in [0.05, 0.1) is 24.0 Å². The van der Waals surface area contributed by atoms with E-state index in [1.165, 1.54) is 13.2 Å². The lowest BCUT2D eigenvalue weighted by Gasteiger charge is -2.29. The van der Waals surface area contributed by atoms with Gasteiger partial charge in [0.2, 0.25) is 5.91 Å². The molecule has 1 aliphatic heterocycles. The lowest BCUT2D eigenvalue weighted by molar-refractivity contribution is -0.148. The number of esters is 1. The second kappa shape index (κ2) is 9.73. The number of hydrogen-bond acceptors (Lipinski definition) is 7. The number of carbonyl (C=O) groups is 2. The van der Waals surface area contributed by atoms with E-state index in [0.717, 1.165) is 48.5 Å². The fourth-order valence-corrected chi connectivity index (χ4v) is 5.07. The quantitative estimate of drug-likeness (QED) is 0.466. The highest BCUT2D eigenvalue weighted by atomic mass is 19.1. The van der Waals surface area contributed by atoms with Crippen molar-refractivity contribution in [2.45, 2.75) is 19.4 Å². The number of para-hydroxylation sites is 1. The Kier molecular flexibility index (Phi) is 6.49. The predicted molar refractivity (Wildman–Crippen MR) is 133 cm³/mol. The molecule has 1 aromatic heterocycles. The second-order valence-corrected chi connectivity index (χ2v) is 9.43. The van der Waals surface area contributed by atoms with Gasteiger partial charge >= 0.3 is 5.97 Å². The molecule has 8 nitrogen and oxygen atoms in total. The number of piperazine rings is 1. The van der Waals surface area contributed by atoms with Crippen LogP contribution in [0.2, 0.25) is 0 Å². The van der Waals surface area contributed by atoms with E-state index in [2.05, 4.69) is 10.2 Å². The maximum Gasteiger partial charge on any atom is 0.312 e. The monoisotopic (exact) mass is 492 g/mol. The maximum atomic E-state index is 15.0. The summed E-state index contributed by atoms with van der Waals surface area (Å²) in [6.45, 7) is 3.70. The number of carbonyl (C=O) groups excluding carboxylic acids is 2. The Morgan fingerprint density at radius 2 is 1.97 bits per heavy atom. The van der Waals surface area contributed by atoms with E-state index in [9.17, 15) is 9.59 Å². The number of pyridine rings is 1. The maximum absolute atomic E-state index is 15.0. The van der Waals surface area contributed by atoms with Crippen molar-refractivity contribution in [1.29, 1.82) is 0 Å². The van der Waals surface area contributed by atoms with E-state index in [0.29, 0.717) is 12.0 Å². The highest BCUT2D eigenvalue weighted by Gasteiger charge is 2.63. The smallest absolute Gasteiger partial charge is 0.312 e. The number of amides is 1. The van der Waals surface area contributed by atoms with Crippen molar-refractivity contribution in [3.05, 3.63) is 65.5 Å². The number of fused-ring (bicyclic) bond motifs is 1. The Balaban J connectivity index is 1.34. The molecule has 2 aliphatic rings. The summed E-state index contributed by atoms with van der Waals surface area (Å²) in [6, 6.07) is 14.5. The zero-order chi connectivity index (χ0) is 25.3. The summed E-state index contributed by atoms with van der Waals surface area (Å²) in [5.74, 6) is -1.20. The van der Waals surface area contributed by atoms with Crippen LogP contribution >= 0.6 is 0 Å². The van der Waals surface area contributed by atoms with Crippen LogP contribution in [-0.4, -0.2) is 50.1 Å². The Labute approximate surface area is 208 Å². The molecule has 3 N–H and O–H groups in total. The number of nitrogens with one attached hydrogen (secondary N) is 1. The SMILES string of the molecule is COC(=O)[C@@]1(Cc2ccc(OCc3cc(N4CCNCC4)nc4ccccc34)c(F)c2)C[C@@H]1C(N)=O. The fraction of sp³-hybridized carbons (Fsp3) is 0.370. The minimum atomic E-state index is -1.02. The molecule has 2 aromatic carbocycles. The summed E-state index contributed by atoms with van der Waals surface area (Å²) >= 11 is 0. The van der Waals surface area contributed by atoms with Crippen LogP contribution in [0.25, 0.3) is 10.9 Å². The first-order valence-electron chi connectivity index (χ1n) is 12.0. The molecule has 5 rings (SSSR count). The Morgan fingerprint density at radius 3 is 2.67 bits per heavy atom. The number of nitrogens with two attached hydrogens (primary N) is 1. The zero-order valence-electron chi connectivity index (χ0n) is 20.1. The fourth-order valence-electron chi connectivity index (χ4n) is 5.07. The first-order valence-corrected chi connectivity index (χ1v) is 12.0. The average Bonchev–Trinajstić information content (AvgIpc) is 3.63. The number of halogens is 1. The van der Waals surface area contributed by atoms with Crippen molar-refractivity contribution in [2.24, 2.45) is 17.1 Å². The Morgan fingerprint density at radius 1 is 1.19 bits per heavy atom. The van der Waals surface area contributed by atoms with Crippen LogP contribution in [0.15, 0.2) is 48.5 Å². The van der Waals surface area contributed by atoms with E-state index in [1.54, 1.807) is 12.1 Å². The summed E-state index contributed by atoms with van der Waals surface area (Å²) in [4.78, 5) is 31.0. The molecule has 36 heavy (non-hydrogen) atoms. The van der Waals surface area contributed by atoms with E-state index < -0.39 is 29.0 Å². The minimum Gasteiger partial charge on any atom is -0.486 e. The molecule has 0 unspecified atom stereocenters. The van der Waals surface area contributed by atoms with Crippen LogP contribution in [0.1, 0.15) is 17.5 Å². The molecule has 1 amide bonds. The molecule has 1 saturated heterocycles. The predicted octanol–water partition coefficient (Wildman–Crippen LogP) is 2.57. The van der Waals surface area contributed by atoms with Gasteiger partial charge in [-0.3, -0.25) is 9.59 Å². The van der Waals surface area contributed by atoms with Crippen molar-refractivity contribution in [3.8, 4) is 5.75 Å². The first kappa shape index (κ1) is 24.0. The highest BCUT2D eigenvalue weighted by molar-refractivity contribution is 5.93. The third-order valence-corrected chi connectivity index (χ3v) is 7.14. The van der Waals surface area contributed by atoms with Gasteiger partial charge in [0.25, 0.3) is 0 Å². The molecule has 1 aliphatic carbocycles. The summed E-state index contributed by atoms with van der Waals surface area (Å²) in [5.41, 5.74) is 6.75. The van der Waals surface area contributed by atoms with Gasteiger partial charge in [0, 0.05) is 37.1 Å². The molecule has 2 fully saturated rings. The van der Waals surface area contributed by atoms with Gasteiger partial charge in [-0.15, -0.1) is 0 Å². The minimum absolute atomic E-state index is 0.109. The summed E-state index contributed by atoms with van der Waals surface area (Å²) in [5, 5.41) is 4.30. The van der Waals surface area contributed by atoms with Crippen LogP contribution in [0, 0.1) is 17.2 Å². The van der Waals surface area contributed by atoms with Crippen LogP contribution in [0.5, 0.6) is 5.75 Å². The number of aromatic nitrogens is 1. The summed E-state index contributed by atoms with van der Waals surface area (Å²) in [6.07, 6.45) is 0.479. The third-order valence-electron chi connectivity index (χ3n) is 7.14. The van der Waals surface area contributed by atoms with Gasteiger partial charge < -0.3 is 25.4 Å². The van der Waals surface area contributed by atoms with E-state index in [-0.39, 0.29) is 18.8 Å². The number of nitrogens with zero attached hydrogens (tertiary/aromatic N) is 2. The molecular weight excluding hydrogens is 463 g/mol. The van der Waals surface area contributed by atoms with Crippen molar-refractivity contribution in [2.75, 3.05) is 38.2 Å². The molecule has 0 radical (unpaired) electrons. The van der Waals surface area contributed by atoms with Gasteiger partial charge in [-0.05, 0) is 42.7 Å². The largest absolute Gasteiger partial charge is 0.486 e. The number of methoxy groups -OCH3 is 1. The average molecular weight is 493 g/mol. The number of rotatable bonds is 8. The molecule has 3 aromatic rings. The van der Waals surface area contributed by atoms with Gasteiger partial charge in [0.15, 0.2) is 11.6 Å². The molecule has 0 bridgehead atoms. The number of ether oxygens (including phenoxy) is 2. The van der Waals surface area contributed by atoms with Crippen molar-refractivity contribution in [3.63, 3.8) is 0 Å². The zero-order valence-corrected chi connectivity index (χ0v) is 20.1. The topological polar surface area (TPSA) is 107 Å². The number of benzene rings is 2. The normalized spacial score (nSPS) is 21.3. The van der Waals surface area contributed by atoms with Crippen LogP contribution < -0.4 is 20.7 Å². The Hall–Kier alpha value is -3.72.